The molecule has 0 aliphatic carbocycles. The van der Waals surface area contributed by atoms with Gasteiger partial charge in [0.05, 0.1) is 32.6 Å². The third-order valence-corrected chi connectivity index (χ3v) is 13.5. The number of piperidine rings is 2. The lowest BCUT2D eigenvalue weighted by Gasteiger charge is -2.31. The summed E-state index contributed by atoms with van der Waals surface area (Å²) in [5, 5.41) is 11.4. The molecule has 1 unspecified atom stereocenters. The van der Waals surface area contributed by atoms with Crippen LogP contribution in [-0.4, -0.2) is 101 Å². The molecular weight excluding hydrogens is 895 g/mol. The minimum Gasteiger partial charge on any atom is -0.366 e. The van der Waals surface area contributed by atoms with Crippen LogP contribution in [0.1, 0.15) is 91.9 Å². The molecule has 3 aliphatic rings. The number of fused-ring (bicyclic) bond motifs is 1. The standard InChI is InChI=1S/C44H44BrN9O8S/c1-26-5-2-9-33(37(26)39(46)57)50-40-32(45)25-48-44(52-40)49-30-19-22-53(23-20-30)63(61,62)24-21-47-35(55)10-3-6-27-11-13-28(14-12-27)15-16-29-7-4-8-31-38(29)43(60)54(42(31)59)34-17-18-36(56)51-41(34)58/h2,4-5,7-9,11-14,25,30,34H,3,6,10,17-24H2,1H3,(H2,46,57)(H,47,55)(H,51,56,58)(H2,48,49,50,52). The quantitative estimate of drug-likeness (QED) is 0.0901. The molecule has 63 heavy (non-hydrogen) atoms. The average Bonchev–Trinajstić information content (AvgIpc) is 3.50. The Labute approximate surface area is 372 Å². The summed E-state index contributed by atoms with van der Waals surface area (Å²) in [6.45, 7) is 2.38. The van der Waals surface area contributed by atoms with E-state index in [1.165, 1.54) is 10.4 Å². The molecule has 4 heterocycles. The van der Waals surface area contributed by atoms with Gasteiger partial charge in [-0.2, -0.15) is 4.98 Å². The van der Waals surface area contributed by atoms with E-state index in [9.17, 15) is 37.2 Å². The lowest BCUT2D eigenvalue weighted by molar-refractivity contribution is -0.136. The van der Waals surface area contributed by atoms with Crippen LogP contribution < -0.4 is 27.0 Å². The number of aromatic nitrogens is 2. The van der Waals surface area contributed by atoms with Crippen LogP contribution in [-0.2, 0) is 30.8 Å². The minimum atomic E-state index is -3.61. The van der Waals surface area contributed by atoms with E-state index in [1.807, 2.05) is 24.3 Å². The van der Waals surface area contributed by atoms with Gasteiger partial charge in [-0.05, 0) is 96.4 Å². The van der Waals surface area contributed by atoms with Crippen molar-refractivity contribution in [2.75, 3.05) is 36.0 Å². The molecule has 3 aromatic carbocycles. The van der Waals surface area contributed by atoms with E-state index >= 15 is 0 Å². The zero-order valence-corrected chi connectivity index (χ0v) is 36.6. The Hall–Kier alpha value is -6.49. The normalized spacial score (nSPS) is 16.8. The molecule has 6 N–H and O–H groups in total. The van der Waals surface area contributed by atoms with E-state index in [-0.39, 0.29) is 54.6 Å². The maximum Gasteiger partial charge on any atom is 0.263 e. The summed E-state index contributed by atoms with van der Waals surface area (Å²) in [5.74, 6) is 3.41. The van der Waals surface area contributed by atoms with E-state index in [2.05, 4.69) is 59.0 Å². The van der Waals surface area contributed by atoms with Crippen molar-refractivity contribution in [1.82, 2.24) is 29.8 Å². The van der Waals surface area contributed by atoms with E-state index in [1.54, 1.807) is 43.5 Å². The van der Waals surface area contributed by atoms with Gasteiger partial charge in [0, 0.05) is 55.8 Å². The topological polar surface area (TPSA) is 243 Å². The number of benzene rings is 3. The predicted molar refractivity (Wildman–Crippen MR) is 236 cm³/mol. The molecule has 1 atom stereocenters. The second-order valence-corrected chi connectivity index (χ2v) is 18.3. The van der Waals surface area contributed by atoms with Crippen molar-refractivity contribution in [3.8, 4) is 11.8 Å². The van der Waals surface area contributed by atoms with Crippen LogP contribution in [0.2, 0.25) is 0 Å². The maximum absolute atomic E-state index is 13.4. The second kappa shape index (κ2) is 19.3. The number of halogens is 1. The largest absolute Gasteiger partial charge is 0.366 e. The van der Waals surface area contributed by atoms with Crippen molar-refractivity contribution in [2.45, 2.75) is 64.0 Å². The lowest BCUT2D eigenvalue weighted by atomic mass is 10.0. The van der Waals surface area contributed by atoms with E-state index in [0.29, 0.717) is 77.4 Å². The number of imide groups is 2. The zero-order valence-electron chi connectivity index (χ0n) is 34.2. The van der Waals surface area contributed by atoms with Gasteiger partial charge in [0.2, 0.25) is 33.7 Å². The van der Waals surface area contributed by atoms with Crippen LogP contribution in [0.4, 0.5) is 17.5 Å². The molecule has 0 bridgehead atoms. The van der Waals surface area contributed by atoms with Crippen molar-refractivity contribution in [3.05, 3.63) is 110 Å². The Bertz CT molecular complexity index is 2680. The van der Waals surface area contributed by atoms with Gasteiger partial charge in [0.1, 0.15) is 11.9 Å². The van der Waals surface area contributed by atoms with Gasteiger partial charge in [-0.3, -0.25) is 39.0 Å². The van der Waals surface area contributed by atoms with Gasteiger partial charge in [0.15, 0.2) is 0 Å². The highest BCUT2D eigenvalue weighted by atomic mass is 79.9. The smallest absolute Gasteiger partial charge is 0.263 e. The molecule has 17 nitrogen and oxygen atoms in total. The van der Waals surface area contributed by atoms with Crippen molar-refractivity contribution >= 4 is 78.8 Å². The van der Waals surface area contributed by atoms with Crippen molar-refractivity contribution in [1.29, 1.82) is 0 Å². The molecule has 326 valence electrons. The van der Waals surface area contributed by atoms with Gasteiger partial charge in [-0.25, -0.2) is 17.7 Å². The summed E-state index contributed by atoms with van der Waals surface area (Å²) >= 11 is 3.44. The molecular formula is C44H44BrN9O8S. The van der Waals surface area contributed by atoms with Gasteiger partial charge in [-0.15, -0.1) is 0 Å². The van der Waals surface area contributed by atoms with Crippen molar-refractivity contribution in [2.24, 2.45) is 5.73 Å². The number of aryl methyl sites for hydroxylation is 2. The molecule has 2 saturated heterocycles. The monoisotopic (exact) mass is 937 g/mol. The summed E-state index contributed by atoms with van der Waals surface area (Å²) in [7, 11) is -3.61. The summed E-state index contributed by atoms with van der Waals surface area (Å²) < 4.78 is 28.3. The highest BCUT2D eigenvalue weighted by Crippen LogP contribution is 2.31. The first-order chi connectivity index (χ1) is 30.2. The van der Waals surface area contributed by atoms with Crippen LogP contribution in [0.5, 0.6) is 0 Å². The molecule has 0 radical (unpaired) electrons. The van der Waals surface area contributed by atoms with Crippen LogP contribution in [0.3, 0.4) is 0 Å². The Balaban J connectivity index is 0.826. The van der Waals surface area contributed by atoms with Crippen molar-refractivity contribution in [3.63, 3.8) is 0 Å². The third-order valence-electron chi connectivity index (χ3n) is 11.0. The maximum atomic E-state index is 13.4. The van der Waals surface area contributed by atoms with Crippen LogP contribution >= 0.6 is 15.9 Å². The first kappa shape index (κ1) is 44.6. The molecule has 4 aromatic rings. The Morgan fingerprint density at radius 2 is 1.71 bits per heavy atom. The Morgan fingerprint density at radius 3 is 2.44 bits per heavy atom. The van der Waals surface area contributed by atoms with Gasteiger partial charge < -0.3 is 21.7 Å². The fraction of sp³-hybridized carbons (Fsp3) is 0.318. The van der Waals surface area contributed by atoms with E-state index in [0.717, 1.165) is 16.0 Å². The number of sulfonamides is 1. The number of anilines is 3. The molecule has 0 spiro atoms. The molecule has 1 aromatic heterocycles. The third kappa shape index (κ3) is 10.4. The number of hydrogen-bond acceptors (Lipinski definition) is 12. The molecule has 6 amide bonds. The minimum absolute atomic E-state index is 0.00698. The fourth-order valence-corrected chi connectivity index (χ4v) is 9.39. The molecule has 3 aliphatic heterocycles. The SMILES string of the molecule is Cc1cccc(Nc2nc(NC3CCN(S(=O)(=O)CCNC(=O)CCCc4ccc(C#Cc5cccc6c5C(=O)N(C5CCC(=O)NC5=O)C6=O)cc4)CC3)ncc2Br)c1C(N)=O. The average molecular weight is 939 g/mol. The summed E-state index contributed by atoms with van der Waals surface area (Å²) in [6.07, 6.45) is 4.08. The lowest BCUT2D eigenvalue weighted by Crippen LogP contribution is -2.54. The number of nitrogens with two attached hydrogens (primary N) is 1. The molecule has 2 fully saturated rings. The zero-order chi connectivity index (χ0) is 44.8. The number of nitrogens with one attached hydrogen (secondary N) is 4. The van der Waals surface area contributed by atoms with Gasteiger partial charge in [-0.1, -0.05) is 42.2 Å². The van der Waals surface area contributed by atoms with Gasteiger partial charge in [0.25, 0.3) is 17.7 Å². The second-order valence-electron chi connectivity index (χ2n) is 15.3. The van der Waals surface area contributed by atoms with Crippen LogP contribution in [0, 0.1) is 18.8 Å². The van der Waals surface area contributed by atoms with Crippen molar-refractivity contribution < 1.29 is 37.2 Å². The van der Waals surface area contributed by atoms with Crippen LogP contribution in [0.15, 0.2) is 71.3 Å². The Morgan fingerprint density at radius 1 is 0.968 bits per heavy atom. The molecule has 19 heteroatoms. The number of carbonyl (C=O) groups excluding carboxylic acids is 6. The number of rotatable bonds is 14. The first-order valence-corrected chi connectivity index (χ1v) is 22.7. The number of nitrogens with zero attached hydrogens (tertiary/aromatic N) is 4. The number of primary amides is 1. The summed E-state index contributed by atoms with van der Waals surface area (Å²) in [4.78, 5) is 85.0. The Kier molecular flexibility index (Phi) is 13.6. The summed E-state index contributed by atoms with van der Waals surface area (Å²) in [5.41, 5.74) is 9.46. The summed E-state index contributed by atoms with van der Waals surface area (Å²) in [6, 6.07) is 16.4. The first-order valence-electron chi connectivity index (χ1n) is 20.3. The molecule has 7 rings (SSSR count). The molecule has 0 saturated carbocycles. The van der Waals surface area contributed by atoms with Crippen LogP contribution in [0.25, 0.3) is 0 Å². The number of amides is 6. The van der Waals surface area contributed by atoms with E-state index < -0.39 is 45.6 Å². The predicted octanol–water partition coefficient (Wildman–Crippen LogP) is 3.54. The highest BCUT2D eigenvalue weighted by molar-refractivity contribution is 9.10. The fourth-order valence-electron chi connectivity index (χ4n) is 7.72. The van der Waals surface area contributed by atoms with E-state index in [4.69, 9.17) is 5.73 Å². The number of hydrogen-bond donors (Lipinski definition) is 5. The number of carbonyl (C=O) groups is 6. The van der Waals surface area contributed by atoms with Gasteiger partial charge >= 0.3 is 0 Å². The highest BCUT2D eigenvalue weighted by Gasteiger charge is 2.45.